The van der Waals surface area contributed by atoms with Crippen LogP contribution in [0.1, 0.15) is 27.2 Å². The summed E-state index contributed by atoms with van der Waals surface area (Å²) < 4.78 is 4.87. The summed E-state index contributed by atoms with van der Waals surface area (Å²) in [7, 11) is 0. The highest BCUT2D eigenvalue weighted by Gasteiger charge is 2.33. The number of piperazine rings is 1. The molecule has 2 rings (SSSR count). The highest BCUT2D eigenvalue weighted by atomic mass is 35.5. The average Bonchev–Trinajstić information content (AvgIpc) is 2.61. The van der Waals surface area contributed by atoms with Crippen LogP contribution in [0, 0.1) is 5.92 Å². The van der Waals surface area contributed by atoms with Crippen molar-refractivity contribution < 1.29 is 14.3 Å². The normalized spacial score (nSPS) is 17.3. The van der Waals surface area contributed by atoms with E-state index in [1.54, 1.807) is 13.1 Å². The van der Waals surface area contributed by atoms with Crippen LogP contribution in [0.25, 0.3) is 0 Å². The lowest BCUT2D eigenvalue weighted by molar-refractivity contribution is -0.142. The first-order valence-electron chi connectivity index (χ1n) is 8.86. The molecule has 1 aliphatic heterocycles. The molecule has 2 heterocycles. The molecule has 144 valence electrons. The summed E-state index contributed by atoms with van der Waals surface area (Å²) in [5.74, 6) is 0.725. The van der Waals surface area contributed by atoms with Crippen LogP contribution in [0.4, 0.5) is 10.6 Å². The van der Waals surface area contributed by atoms with Gasteiger partial charge in [0.2, 0.25) is 5.28 Å². The van der Waals surface area contributed by atoms with E-state index < -0.39 is 0 Å². The lowest BCUT2D eigenvalue weighted by Gasteiger charge is -2.43. The molecule has 26 heavy (non-hydrogen) atoms. The van der Waals surface area contributed by atoms with Gasteiger partial charge in [0, 0.05) is 32.4 Å². The van der Waals surface area contributed by atoms with Gasteiger partial charge in [0.15, 0.2) is 0 Å². The molecule has 1 aromatic heterocycles. The second kappa shape index (κ2) is 9.56. The number of rotatable bonds is 6. The van der Waals surface area contributed by atoms with Gasteiger partial charge < -0.3 is 19.9 Å². The largest absolute Gasteiger partial charge is 0.466 e. The fourth-order valence-electron chi connectivity index (χ4n) is 2.95. The van der Waals surface area contributed by atoms with Crippen LogP contribution in [-0.4, -0.2) is 65.7 Å². The van der Waals surface area contributed by atoms with Crippen molar-refractivity contribution in [3.05, 3.63) is 17.5 Å². The molecule has 1 fully saturated rings. The summed E-state index contributed by atoms with van der Waals surface area (Å²) in [6.45, 7) is 8.42. The van der Waals surface area contributed by atoms with Gasteiger partial charge in [0.05, 0.1) is 19.1 Å². The average molecular weight is 384 g/mol. The maximum atomic E-state index is 12.5. The number of aromatic nitrogens is 2. The molecule has 0 spiro atoms. The number of hydrogen-bond acceptors (Lipinski definition) is 6. The number of hydrogen-bond donors (Lipinski definition) is 1. The monoisotopic (exact) mass is 383 g/mol. The number of nitrogens with zero attached hydrogens (tertiary/aromatic N) is 4. The molecule has 0 radical (unpaired) electrons. The number of halogens is 1. The Kier molecular flexibility index (Phi) is 7.44. The molecular weight excluding hydrogens is 358 g/mol. The van der Waals surface area contributed by atoms with E-state index in [1.165, 1.54) is 0 Å². The summed E-state index contributed by atoms with van der Waals surface area (Å²) in [4.78, 5) is 36.0. The Morgan fingerprint density at radius 2 is 2.19 bits per heavy atom. The van der Waals surface area contributed by atoms with E-state index in [2.05, 4.69) is 34.0 Å². The lowest BCUT2D eigenvalue weighted by atomic mass is 10.00. The molecular formula is C17H26ClN5O3. The van der Waals surface area contributed by atoms with Crippen molar-refractivity contribution in [1.29, 1.82) is 0 Å². The predicted molar refractivity (Wildman–Crippen MR) is 99.2 cm³/mol. The second-order valence-electron chi connectivity index (χ2n) is 6.42. The molecule has 9 heteroatoms. The zero-order valence-corrected chi connectivity index (χ0v) is 16.2. The number of carbonyl (C=O) groups is 2. The third-order valence-electron chi connectivity index (χ3n) is 4.30. The van der Waals surface area contributed by atoms with Crippen molar-refractivity contribution in [1.82, 2.24) is 20.2 Å². The van der Waals surface area contributed by atoms with Gasteiger partial charge >= 0.3 is 12.0 Å². The standard InChI is InChI=1S/C17H26ClN5O3/c1-4-26-15(24)6-8-20-17(25)23-10-9-22(11-13(23)12(2)3)14-5-7-19-16(18)21-14/h5,7,12-13H,4,6,8-11H2,1-3H3,(H,20,25). The number of ether oxygens (including phenoxy) is 1. The summed E-state index contributed by atoms with van der Waals surface area (Å²) in [5, 5.41) is 3.02. The number of urea groups is 1. The van der Waals surface area contributed by atoms with E-state index in [0.29, 0.717) is 26.2 Å². The molecule has 1 aliphatic rings. The van der Waals surface area contributed by atoms with Gasteiger partial charge in [-0.2, -0.15) is 0 Å². The van der Waals surface area contributed by atoms with Crippen molar-refractivity contribution in [3.63, 3.8) is 0 Å². The Balaban J connectivity index is 1.95. The van der Waals surface area contributed by atoms with Crippen molar-refractivity contribution >= 4 is 29.4 Å². The van der Waals surface area contributed by atoms with Crippen LogP contribution >= 0.6 is 11.6 Å². The first-order chi connectivity index (χ1) is 12.4. The van der Waals surface area contributed by atoms with Crippen LogP contribution in [0.5, 0.6) is 0 Å². The maximum Gasteiger partial charge on any atom is 0.317 e. The zero-order chi connectivity index (χ0) is 19.1. The topological polar surface area (TPSA) is 87.7 Å². The Morgan fingerprint density at radius 3 is 2.85 bits per heavy atom. The summed E-state index contributed by atoms with van der Waals surface area (Å²) in [6, 6.07) is 1.69. The third kappa shape index (κ3) is 5.45. The van der Waals surface area contributed by atoms with Crippen LogP contribution in [0.15, 0.2) is 12.3 Å². The Hall–Kier alpha value is -2.09. The van der Waals surface area contributed by atoms with Crippen LogP contribution in [0.3, 0.4) is 0 Å². The molecule has 0 aromatic carbocycles. The summed E-state index contributed by atoms with van der Waals surface area (Å²) in [6.07, 6.45) is 1.80. The Bertz CT molecular complexity index is 628. The molecule has 1 N–H and O–H groups in total. The van der Waals surface area contributed by atoms with E-state index in [-0.39, 0.29) is 42.2 Å². The number of esters is 1. The maximum absolute atomic E-state index is 12.5. The highest BCUT2D eigenvalue weighted by Crippen LogP contribution is 2.22. The second-order valence-corrected chi connectivity index (χ2v) is 6.76. The van der Waals surface area contributed by atoms with Crippen LogP contribution in [0.2, 0.25) is 5.28 Å². The minimum Gasteiger partial charge on any atom is -0.466 e. The van der Waals surface area contributed by atoms with Gasteiger partial charge in [-0.25, -0.2) is 14.8 Å². The van der Waals surface area contributed by atoms with E-state index in [0.717, 1.165) is 5.82 Å². The van der Waals surface area contributed by atoms with E-state index in [9.17, 15) is 9.59 Å². The van der Waals surface area contributed by atoms with Crippen molar-refractivity contribution in [3.8, 4) is 0 Å². The summed E-state index contributed by atoms with van der Waals surface area (Å²) in [5.41, 5.74) is 0. The van der Waals surface area contributed by atoms with Crippen molar-refractivity contribution in [2.24, 2.45) is 5.92 Å². The fourth-order valence-corrected chi connectivity index (χ4v) is 3.09. The molecule has 2 amide bonds. The Morgan fingerprint density at radius 1 is 1.42 bits per heavy atom. The number of nitrogens with one attached hydrogen (secondary N) is 1. The minimum absolute atomic E-state index is 0.0279. The van der Waals surface area contributed by atoms with Gasteiger partial charge in [-0.1, -0.05) is 13.8 Å². The molecule has 1 atom stereocenters. The van der Waals surface area contributed by atoms with Gasteiger partial charge in [0.25, 0.3) is 0 Å². The van der Waals surface area contributed by atoms with Gasteiger partial charge in [-0.3, -0.25) is 4.79 Å². The quantitative estimate of drug-likeness (QED) is 0.596. The van der Waals surface area contributed by atoms with E-state index in [1.807, 2.05) is 11.0 Å². The first-order valence-corrected chi connectivity index (χ1v) is 9.23. The molecule has 1 saturated heterocycles. The third-order valence-corrected chi connectivity index (χ3v) is 4.48. The molecule has 1 unspecified atom stereocenters. The number of anilines is 1. The van der Waals surface area contributed by atoms with Gasteiger partial charge in [0.1, 0.15) is 5.82 Å². The van der Waals surface area contributed by atoms with Crippen molar-refractivity contribution in [2.75, 3.05) is 37.7 Å². The molecule has 0 bridgehead atoms. The predicted octanol–water partition coefficient (Wildman–Crippen LogP) is 1.94. The van der Waals surface area contributed by atoms with E-state index in [4.69, 9.17) is 16.3 Å². The highest BCUT2D eigenvalue weighted by molar-refractivity contribution is 6.28. The molecule has 8 nitrogen and oxygen atoms in total. The number of carbonyl (C=O) groups excluding carboxylic acids is 2. The SMILES string of the molecule is CCOC(=O)CCNC(=O)N1CCN(c2ccnc(Cl)n2)CC1C(C)C. The Labute approximate surface area is 158 Å². The number of amides is 2. The lowest BCUT2D eigenvalue weighted by Crippen LogP contribution is -2.59. The minimum atomic E-state index is -0.307. The molecule has 0 saturated carbocycles. The molecule has 1 aromatic rings. The van der Waals surface area contributed by atoms with Crippen LogP contribution in [-0.2, 0) is 9.53 Å². The van der Waals surface area contributed by atoms with E-state index >= 15 is 0 Å². The first kappa shape index (κ1) is 20.2. The molecule has 0 aliphatic carbocycles. The van der Waals surface area contributed by atoms with Crippen molar-refractivity contribution in [2.45, 2.75) is 33.2 Å². The smallest absolute Gasteiger partial charge is 0.317 e. The summed E-state index contributed by atoms with van der Waals surface area (Å²) >= 11 is 5.89. The fraction of sp³-hybridized carbons (Fsp3) is 0.647. The van der Waals surface area contributed by atoms with Crippen LogP contribution < -0.4 is 10.2 Å². The van der Waals surface area contributed by atoms with Gasteiger partial charge in [-0.15, -0.1) is 0 Å². The van der Waals surface area contributed by atoms with Gasteiger partial charge in [-0.05, 0) is 30.5 Å². The zero-order valence-electron chi connectivity index (χ0n) is 15.4.